The average Bonchev–Trinajstić information content (AvgIpc) is 3.28. The highest BCUT2D eigenvalue weighted by Gasteiger charge is 2.46. The largest absolute Gasteiger partial charge is 0.384 e. The molecule has 2 aliphatic carbocycles. The number of hydrogen-bond acceptors (Lipinski definition) is 2. The number of thioether (sulfide) groups is 1. The van der Waals surface area contributed by atoms with E-state index in [0.29, 0.717) is 0 Å². The van der Waals surface area contributed by atoms with Crippen molar-refractivity contribution in [1.82, 2.24) is 0 Å². The monoisotopic (exact) mass is 413 g/mol. The first kappa shape index (κ1) is 19.8. The van der Waals surface area contributed by atoms with E-state index in [4.69, 9.17) is 0 Å². The first-order valence-electron chi connectivity index (χ1n) is 11.2. The van der Waals surface area contributed by atoms with Gasteiger partial charge < -0.3 is 5.32 Å². The van der Waals surface area contributed by atoms with E-state index in [2.05, 4.69) is 80.7 Å². The molecule has 0 aliphatic heterocycles. The van der Waals surface area contributed by atoms with Crippen LogP contribution in [0.15, 0.2) is 59.5 Å². The highest BCUT2D eigenvalue weighted by atomic mass is 32.2. The Bertz CT molecular complexity index is 1080. The fourth-order valence-corrected chi connectivity index (χ4v) is 6.94. The van der Waals surface area contributed by atoms with Crippen LogP contribution in [0, 0.1) is 20.8 Å². The van der Waals surface area contributed by atoms with Crippen LogP contribution in [0.3, 0.4) is 0 Å². The third-order valence-corrected chi connectivity index (χ3v) is 7.97. The van der Waals surface area contributed by atoms with Gasteiger partial charge in [-0.15, -0.1) is 11.8 Å². The van der Waals surface area contributed by atoms with Gasteiger partial charge in [-0.05, 0) is 104 Å². The van der Waals surface area contributed by atoms with Gasteiger partial charge in [-0.3, -0.25) is 0 Å². The maximum Gasteiger partial charge on any atom is 0.0384 e. The SMILES string of the molecule is Cc1cc(C)cc(SCCNc2cccc3c2[C@]2(CCc4cccc(C)c42)CC3)c1. The summed E-state index contributed by atoms with van der Waals surface area (Å²) in [5.74, 6) is 1.08. The number of nitrogens with one attached hydrogen (secondary N) is 1. The second kappa shape index (κ2) is 7.81. The molecule has 30 heavy (non-hydrogen) atoms. The molecule has 2 heteroatoms. The quantitative estimate of drug-likeness (QED) is 0.357. The Kier molecular flexibility index (Phi) is 5.14. The van der Waals surface area contributed by atoms with Crippen molar-refractivity contribution >= 4 is 17.4 Å². The van der Waals surface area contributed by atoms with Gasteiger partial charge in [-0.2, -0.15) is 0 Å². The topological polar surface area (TPSA) is 12.0 Å². The Balaban J connectivity index is 1.38. The Hall–Kier alpha value is -2.19. The molecule has 0 radical (unpaired) electrons. The van der Waals surface area contributed by atoms with Crippen LogP contribution >= 0.6 is 11.8 Å². The van der Waals surface area contributed by atoms with E-state index in [-0.39, 0.29) is 5.41 Å². The van der Waals surface area contributed by atoms with E-state index in [1.165, 1.54) is 53.0 Å². The van der Waals surface area contributed by atoms with Gasteiger partial charge in [-0.25, -0.2) is 0 Å². The summed E-state index contributed by atoms with van der Waals surface area (Å²) < 4.78 is 0. The lowest BCUT2D eigenvalue weighted by molar-refractivity contribution is 0.506. The van der Waals surface area contributed by atoms with Crippen molar-refractivity contribution in [3.05, 3.63) is 93.5 Å². The number of aryl methyl sites for hydroxylation is 5. The van der Waals surface area contributed by atoms with E-state index in [0.717, 1.165) is 12.3 Å². The molecule has 5 rings (SSSR count). The van der Waals surface area contributed by atoms with E-state index >= 15 is 0 Å². The number of benzene rings is 3. The summed E-state index contributed by atoms with van der Waals surface area (Å²) in [7, 11) is 0. The van der Waals surface area contributed by atoms with Gasteiger partial charge in [0.1, 0.15) is 0 Å². The van der Waals surface area contributed by atoms with Crippen molar-refractivity contribution in [2.45, 2.75) is 56.8 Å². The Morgan fingerprint density at radius 3 is 2.23 bits per heavy atom. The molecule has 0 unspecified atom stereocenters. The Morgan fingerprint density at radius 2 is 1.50 bits per heavy atom. The smallest absolute Gasteiger partial charge is 0.0384 e. The van der Waals surface area contributed by atoms with Crippen LogP contribution in [-0.4, -0.2) is 12.3 Å². The van der Waals surface area contributed by atoms with E-state index in [1.807, 2.05) is 11.8 Å². The third-order valence-electron chi connectivity index (χ3n) is 6.99. The summed E-state index contributed by atoms with van der Waals surface area (Å²) in [5, 5.41) is 3.83. The van der Waals surface area contributed by atoms with Gasteiger partial charge in [0.05, 0.1) is 0 Å². The maximum absolute atomic E-state index is 3.83. The molecule has 1 N–H and O–H groups in total. The van der Waals surface area contributed by atoms with Crippen molar-refractivity contribution in [3.8, 4) is 0 Å². The highest BCUT2D eigenvalue weighted by molar-refractivity contribution is 7.99. The lowest BCUT2D eigenvalue weighted by Gasteiger charge is -2.30. The first-order chi connectivity index (χ1) is 14.6. The average molecular weight is 414 g/mol. The molecular weight excluding hydrogens is 382 g/mol. The van der Waals surface area contributed by atoms with Gasteiger partial charge in [0.15, 0.2) is 0 Å². The van der Waals surface area contributed by atoms with Crippen molar-refractivity contribution in [1.29, 1.82) is 0 Å². The molecule has 1 nitrogen and oxygen atoms in total. The molecule has 0 amide bonds. The number of anilines is 1. The molecule has 0 saturated carbocycles. The zero-order valence-corrected chi connectivity index (χ0v) is 19.2. The predicted octanol–water partition coefficient (Wildman–Crippen LogP) is 6.99. The minimum absolute atomic E-state index is 0.223. The summed E-state index contributed by atoms with van der Waals surface area (Å²) in [5.41, 5.74) is 12.1. The zero-order valence-electron chi connectivity index (χ0n) is 18.3. The van der Waals surface area contributed by atoms with Crippen LogP contribution < -0.4 is 5.32 Å². The van der Waals surface area contributed by atoms with Crippen LogP contribution in [0.2, 0.25) is 0 Å². The molecule has 1 spiro atoms. The summed E-state index contributed by atoms with van der Waals surface area (Å²) in [6, 6.07) is 20.6. The molecule has 0 heterocycles. The molecule has 0 bridgehead atoms. The Labute approximate surface area is 185 Å². The normalized spacial score (nSPS) is 19.2. The number of rotatable bonds is 5. The molecule has 0 fully saturated rings. The second-order valence-corrected chi connectivity index (χ2v) is 10.3. The molecule has 2 aliphatic rings. The van der Waals surface area contributed by atoms with Crippen LogP contribution in [0.1, 0.15) is 51.8 Å². The lowest BCUT2D eigenvalue weighted by atomic mass is 9.74. The molecular formula is C28H31NS. The van der Waals surface area contributed by atoms with Crippen molar-refractivity contribution in [2.24, 2.45) is 0 Å². The second-order valence-electron chi connectivity index (χ2n) is 9.13. The van der Waals surface area contributed by atoms with E-state index < -0.39 is 0 Å². The minimum atomic E-state index is 0.223. The summed E-state index contributed by atoms with van der Waals surface area (Å²) >= 11 is 1.95. The van der Waals surface area contributed by atoms with Crippen LogP contribution in [0.4, 0.5) is 5.69 Å². The van der Waals surface area contributed by atoms with Gasteiger partial charge in [-0.1, -0.05) is 36.4 Å². The minimum Gasteiger partial charge on any atom is -0.384 e. The molecule has 0 aromatic heterocycles. The number of hydrogen-bond donors (Lipinski definition) is 1. The summed E-state index contributed by atoms with van der Waals surface area (Å²) in [6.07, 6.45) is 4.94. The molecule has 3 aromatic carbocycles. The molecule has 1 atom stereocenters. The zero-order chi connectivity index (χ0) is 20.7. The van der Waals surface area contributed by atoms with Gasteiger partial charge in [0.2, 0.25) is 0 Å². The molecule has 3 aromatic rings. The fourth-order valence-electron chi connectivity index (χ4n) is 5.96. The van der Waals surface area contributed by atoms with E-state index in [9.17, 15) is 0 Å². The van der Waals surface area contributed by atoms with Gasteiger partial charge >= 0.3 is 0 Å². The lowest BCUT2D eigenvalue weighted by Crippen LogP contribution is -2.24. The van der Waals surface area contributed by atoms with E-state index in [1.54, 1.807) is 22.3 Å². The number of fused-ring (bicyclic) bond motifs is 4. The summed E-state index contributed by atoms with van der Waals surface area (Å²) in [6.45, 7) is 7.66. The third kappa shape index (κ3) is 3.36. The predicted molar refractivity (Wildman–Crippen MR) is 130 cm³/mol. The van der Waals surface area contributed by atoms with Gasteiger partial charge in [0, 0.05) is 28.3 Å². The van der Waals surface area contributed by atoms with Crippen molar-refractivity contribution in [2.75, 3.05) is 17.6 Å². The maximum atomic E-state index is 3.83. The van der Waals surface area contributed by atoms with Crippen molar-refractivity contribution < 1.29 is 0 Å². The molecule has 0 saturated heterocycles. The van der Waals surface area contributed by atoms with Crippen molar-refractivity contribution in [3.63, 3.8) is 0 Å². The summed E-state index contributed by atoms with van der Waals surface area (Å²) in [4.78, 5) is 1.38. The standard InChI is InChI=1S/C28H31NS/c1-19-16-20(2)18-24(17-19)30-15-14-29-25-9-5-8-23-11-13-28(27(23)25)12-10-22-7-4-6-21(3)26(22)28/h4-9,16-18,29H,10-15H2,1-3H3/t28-/m1/s1. The van der Waals surface area contributed by atoms with Crippen LogP contribution in [0.25, 0.3) is 0 Å². The van der Waals surface area contributed by atoms with Crippen LogP contribution in [0.5, 0.6) is 0 Å². The molecule has 154 valence electrons. The first-order valence-corrected chi connectivity index (χ1v) is 12.2. The fraction of sp³-hybridized carbons (Fsp3) is 0.357. The highest BCUT2D eigenvalue weighted by Crippen LogP contribution is 2.55. The Morgan fingerprint density at radius 1 is 0.833 bits per heavy atom. The van der Waals surface area contributed by atoms with Gasteiger partial charge in [0.25, 0.3) is 0 Å². The van der Waals surface area contributed by atoms with Crippen LogP contribution in [-0.2, 0) is 18.3 Å².